The van der Waals surface area contributed by atoms with Crippen molar-refractivity contribution >= 4 is 16.0 Å². The monoisotopic (exact) mass is 317 g/mol. The van der Waals surface area contributed by atoms with E-state index in [9.17, 15) is 17.6 Å². The van der Waals surface area contributed by atoms with Crippen molar-refractivity contribution in [3.63, 3.8) is 0 Å². The number of aryl methyl sites for hydroxylation is 2. The molecule has 0 aliphatic carbocycles. The van der Waals surface area contributed by atoms with E-state index in [1.54, 1.807) is 6.92 Å². The van der Waals surface area contributed by atoms with Gasteiger partial charge in [0.25, 0.3) is 0 Å². The fourth-order valence-electron chi connectivity index (χ4n) is 2.00. The Hall–Kier alpha value is -1.47. The van der Waals surface area contributed by atoms with Gasteiger partial charge in [-0.2, -0.15) is 0 Å². The highest BCUT2D eigenvalue weighted by atomic mass is 32.2. The minimum Gasteiger partial charge on any atom is -0.481 e. The molecule has 5 nitrogen and oxygen atoms in total. The largest absolute Gasteiger partial charge is 0.481 e. The topological polar surface area (TPSA) is 83.5 Å². The molecule has 118 valence electrons. The number of hydrogen-bond donors (Lipinski definition) is 2. The van der Waals surface area contributed by atoms with E-state index < -0.39 is 27.2 Å². The van der Waals surface area contributed by atoms with Gasteiger partial charge in [0.2, 0.25) is 10.0 Å². The quantitative estimate of drug-likeness (QED) is 0.842. The number of hydrogen-bond acceptors (Lipinski definition) is 3. The summed E-state index contributed by atoms with van der Waals surface area (Å²) in [7, 11) is -3.90. The number of nitrogens with one attached hydrogen (secondary N) is 1. The zero-order valence-electron chi connectivity index (χ0n) is 12.5. The van der Waals surface area contributed by atoms with Gasteiger partial charge in [-0.15, -0.1) is 0 Å². The third kappa shape index (κ3) is 3.79. The highest BCUT2D eigenvalue weighted by molar-refractivity contribution is 7.89. The highest BCUT2D eigenvalue weighted by Crippen LogP contribution is 2.24. The summed E-state index contributed by atoms with van der Waals surface area (Å²) in [5.41, 5.74) is -0.614. The van der Waals surface area contributed by atoms with Gasteiger partial charge in [0, 0.05) is 6.54 Å². The molecule has 1 aromatic rings. The molecule has 1 unspecified atom stereocenters. The first-order valence-corrected chi connectivity index (χ1v) is 8.01. The summed E-state index contributed by atoms with van der Waals surface area (Å²) in [6, 6.07) is 2.27. The standard InChI is InChI=1S/C14H20FNO4S/c1-5-14(4,13(17)18)8-16-21(19,20)12-9(2)6-11(15)7-10(12)3/h6-7,16H,5,8H2,1-4H3,(H,17,18). The zero-order valence-corrected chi connectivity index (χ0v) is 13.3. The molecule has 1 aromatic carbocycles. The van der Waals surface area contributed by atoms with Gasteiger partial charge in [-0.1, -0.05) is 6.92 Å². The maximum Gasteiger partial charge on any atom is 0.310 e. The van der Waals surface area contributed by atoms with Gasteiger partial charge in [-0.25, -0.2) is 17.5 Å². The Kier molecular flexibility index (Phi) is 5.11. The molecule has 7 heteroatoms. The van der Waals surface area contributed by atoms with Crippen LogP contribution in [0.3, 0.4) is 0 Å². The lowest BCUT2D eigenvalue weighted by Gasteiger charge is -2.23. The van der Waals surface area contributed by atoms with Crippen LogP contribution < -0.4 is 4.72 Å². The van der Waals surface area contributed by atoms with Crippen LogP contribution in [0.2, 0.25) is 0 Å². The number of carboxylic acid groups (broad SMARTS) is 1. The fourth-order valence-corrected chi connectivity index (χ4v) is 3.62. The van der Waals surface area contributed by atoms with Gasteiger partial charge >= 0.3 is 5.97 Å². The molecule has 0 aliphatic rings. The Balaban J connectivity index is 3.12. The van der Waals surface area contributed by atoms with Crippen molar-refractivity contribution < 1.29 is 22.7 Å². The van der Waals surface area contributed by atoms with Crippen LogP contribution in [0.25, 0.3) is 0 Å². The lowest BCUT2D eigenvalue weighted by molar-refractivity contribution is -0.147. The van der Waals surface area contributed by atoms with Gasteiger partial charge in [0.15, 0.2) is 0 Å². The molecule has 2 N–H and O–H groups in total. The van der Waals surface area contributed by atoms with Crippen LogP contribution >= 0.6 is 0 Å². The van der Waals surface area contributed by atoms with Crippen molar-refractivity contribution in [2.24, 2.45) is 5.41 Å². The molecule has 0 heterocycles. The predicted molar refractivity (Wildman–Crippen MR) is 77.1 cm³/mol. The van der Waals surface area contributed by atoms with E-state index in [0.717, 1.165) is 12.1 Å². The van der Waals surface area contributed by atoms with Gasteiger partial charge in [0.1, 0.15) is 5.82 Å². The number of carboxylic acids is 1. The number of aliphatic carboxylic acids is 1. The SMILES string of the molecule is CCC(C)(CNS(=O)(=O)c1c(C)cc(F)cc1C)C(=O)O. The first-order valence-electron chi connectivity index (χ1n) is 6.53. The maximum atomic E-state index is 13.2. The van der Waals surface area contributed by atoms with Gasteiger partial charge in [0.05, 0.1) is 10.3 Å². The second-order valence-electron chi connectivity index (χ2n) is 5.41. The summed E-state index contributed by atoms with van der Waals surface area (Å²) in [5.74, 6) is -1.58. The van der Waals surface area contributed by atoms with E-state index in [1.165, 1.54) is 20.8 Å². The van der Waals surface area contributed by atoms with Gasteiger partial charge in [-0.3, -0.25) is 4.79 Å². The first-order chi connectivity index (χ1) is 9.53. The molecule has 1 atom stereocenters. The summed E-state index contributed by atoms with van der Waals surface area (Å²) in [5, 5.41) is 9.16. The van der Waals surface area contributed by atoms with E-state index >= 15 is 0 Å². The van der Waals surface area contributed by atoms with Crippen LogP contribution in [0.4, 0.5) is 4.39 Å². The zero-order chi connectivity index (χ0) is 16.4. The Labute approximate surface area is 124 Å². The third-order valence-corrected chi connectivity index (χ3v) is 5.35. The van der Waals surface area contributed by atoms with Gasteiger partial charge < -0.3 is 5.11 Å². The molecule has 0 bridgehead atoms. The van der Waals surface area contributed by atoms with E-state index in [4.69, 9.17) is 5.11 Å². The van der Waals surface area contributed by atoms with Crippen molar-refractivity contribution in [1.29, 1.82) is 0 Å². The van der Waals surface area contributed by atoms with E-state index in [-0.39, 0.29) is 29.0 Å². The fraction of sp³-hybridized carbons (Fsp3) is 0.500. The minimum absolute atomic E-state index is 0.00672. The van der Waals surface area contributed by atoms with Crippen molar-refractivity contribution in [3.05, 3.63) is 29.1 Å². The second kappa shape index (κ2) is 6.11. The number of rotatable bonds is 6. The second-order valence-corrected chi connectivity index (χ2v) is 7.12. The summed E-state index contributed by atoms with van der Waals surface area (Å²) in [4.78, 5) is 11.2. The Bertz CT molecular complexity index is 634. The Morgan fingerprint density at radius 1 is 1.33 bits per heavy atom. The van der Waals surface area contributed by atoms with Crippen LogP contribution in [0.15, 0.2) is 17.0 Å². The molecule has 1 rings (SSSR count). The third-order valence-electron chi connectivity index (χ3n) is 3.64. The molecular weight excluding hydrogens is 297 g/mol. The molecule has 0 aromatic heterocycles. The normalized spacial score (nSPS) is 14.7. The van der Waals surface area contributed by atoms with Crippen LogP contribution in [0.1, 0.15) is 31.4 Å². The Morgan fingerprint density at radius 2 is 1.81 bits per heavy atom. The van der Waals surface area contributed by atoms with E-state index in [2.05, 4.69) is 4.72 Å². The van der Waals surface area contributed by atoms with Crippen molar-refractivity contribution in [2.75, 3.05) is 6.54 Å². The molecule has 0 radical (unpaired) electrons. The Morgan fingerprint density at radius 3 is 2.19 bits per heavy atom. The molecule has 0 fully saturated rings. The summed E-state index contributed by atoms with van der Waals surface area (Å²) >= 11 is 0. The number of sulfonamides is 1. The summed E-state index contributed by atoms with van der Waals surface area (Å²) < 4.78 is 40.2. The van der Waals surface area contributed by atoms with Crippen molar-refractivity contribution in [2.45, 2.75) is 39.0 Å². The number of halogens is 1. The lowest BCUT2D eigenvalue weighted by Crippen LogP contribution is -2.40. The molecule has 0 aliphatic heterocycles. The summed E-state index contributed by atoms with van der Waals surface area (Å²) in [6.45, 7) is 5.93. The molecule has 0 saturated heterocycles. The van der Waals surface area contributed by atoms with E-state index in [0.29, 0.717) is 0 Å². The van der Waals surface area contributed by atoms with Crippen LogP contribution in [-0.2, 0) is 14.8 Å². The van der Waals surface area contributed by atoms with Crippen LogP contribution in [-0.4, -0.2) is 26.0 Å². The average molecular weight is 317 g/mol. The lowest BCUT2D eigenvalue weighted by atomic mass is 9.88. The molecule has 21 heavy (non-hydrogen) atoms. The van der Waals surface area contributed by atoms with Crippen LogP contribution in [0.5, 0.6) is 0 Å². The van der Waals surface area contributed by atoms with Gasteiger partial charge in [-0.05, 0) is 50.5 Å². The molecular formula is C14H20FNO4S. The first kappa shape index (κ1) is 17.6. The molecule has 0 amide bonds. The summed E-state index contributed by atoms with van der Waals surface area (Å²) in [6.07, 6.45) is 0.284. The minimum atomic E-state index is -3.90. The number of benzene rings is 1. The van der Waals surface area contributed by atoms with Crippen molar-refractivity contribution in [3.8, 4) is 0 Å². The smallest absolute Gasteiger partial charge is 0.310 e. The highest BCUT2D eigenvalue weighted by Gasteiger charge is 2.33. The molecule has 0 spiro atoms. The molecule has 0 saturated carbocycles. The number of carbonyl (C=O) groups is 1. The van der Waals surface area contributed by atoms with Crippen LogP contribution in [0, 0.1) is 25.1 Å². The predicted octanol–water partition coefficient (Wildman–Crippen LogP) is 2.22. The maximum absolute atomic E-state index is 13.2. The van der Waals surface area contributed by atoms with Crippen molar-refractivity contribution in [1.82, 2.24) is 4.72 Å². The average Bonchev–Trinajstić information content (AvgIpc) is 2.34. The van der Waals surface area contributed by atoms with E-state index in [1.807, 2.05) is 0 Å².